The van der Waals surface area contributed by atoms with Crippen LogP contribution in [0.15, 0.2) is 42.5 Å². The zero-order valence-electron chi connectivity index (χ0n) is 12.7. The van der Waals surface area contributed by atoms with Gasteiger partial charge in [0.05, 0.1) is 0 Å². The monoisotopic (exact) mass is 507 g/mol. The largest absolute Gasteiger partial charge is 4.00 e. The minimum absolute atomic E-state index is 0. The van der Waals surface area contributed by atoms with Gasteiger partial charge in [-0.2, -0.15) is 17.5 Å². The van der Waals surface area contributed by atoms with Crippen molar-refractivity contribution < 1.29 is 50.7 Å². The second-order valence-corrected chi connectivity index (χ2v) is 5.64. The molecule has 0 saturated heterocycles. The van der Waals surface area contributed by atoms with E-state index in [1.807, 2.05) is 0 Å². The van der Waals surface area contributed by atoms with Crippen molar-refractivity contribution >= 4 is 20.3 Å². The third kappa shape index (κ3) is 11.7. The molecule has 2 aromatic carbocycles. The van der Waals surface area contributed by atoms with E-state index >= 15 is 0 Å². The summed E-state index contributed by atoms with van der Waals surface area (Å²) in [7, 11) is 1.08. The Bertz CT molecular complexity index is 401. The summed E-state index contributed by atoms with van der Waals surface area (Å²) in [6, 6.07) is 15.0. The Kier molecular flexibility index (Phi) is 21.1. The molecule has 3 rings (SSSR count). The molecule has 0 heterocycles. The van der Waals surface area contributed by atoms with Gasteiger partial charge in [-0.25, -0.2) is 0 Å². The first-order chi connectivity index (χ1) is 8.77. The molecular weight excluding hydrogens is 484 g/mol. The Morgan fingerprint density at radius 1 is 1.05 bits per heavy atom. The quantitative estimate of drug-likeness (QED) is 0.335. The predicted molar refractivity (Wildman–Crippen MR) is 83.6 cm³/mol. The molecule has 0 spiro atoms. The molecule has 1 N–H and O–H groups in total. The van der Waals surface area contributed by atoms with Gasteiger partial charge in [0.2, 0.25) is 0 Å². The van der Waals surface area contributed by atoms with Gasteiger partial charge in [-0.05, 0) is 0 Å². The summed E-state index contributed by atoms with van der Waals surface area (Å²) in [5.41, 5.74) is 7.13. The van der Waals surface area contributed by atoms with Crippen LogP contribution in [0.1, 0.15) is 25.7 Å². The van der Waals surface area contributed by atoms with Crippen molar-refractivity contribution in [1.29, 1.82) is 0 Å². The van der Waals surface area contributed by atoms with Crippen LogP contribution in [0, 0.1) is 0 Å². The van der Waals surface area contributed by atoms with Crippen LogP contribution in [0.4, 0.5) is 0 Å². The van der Waals surface area contributed by atoms with Crippen molar-refractivity contribution in [3.8, 4) is 0 Å². The maximum atomic E-state index is 7.13. The fourth-order valence-corrected chi connectivity index (χ4v) is 2.00. The standard InChI is InChI=1S/C9H7.C5H10N.C2H6Si.2ClH.Hf/c1-2-5-9-7-3-6-8(9)4-1;6-5-3-1-2-4-5;1-3-2;;;/h1-7H;5-6H,1-4H2;1-2H3;2*1H;/q2*-1;;;;+4/p-2. The van der Waals surface area contributed by atoms with E-state index in [1.165, 1.54) is 23.6 Å². The molecule has 0 atom stereocenters. The van der Waals surface area contributed by atoms with Crippen LogP contribution < -0.4 is 24.8 Å². The molecule has 0 unspecified atom stereocenters. The average Bonchev–Trinajstić information content (AvgIpc) is 3.01. The second kappa shape index (κ2) is 16.8. The normalized spacial score (nSPS) is 12.5. The van der Waals surface area contributed by atoms with E-state index < -0.39 is 0 Å². The van der Waals surface area contributed by atoms with Crippen molar-refractivity contribution in [1.82, 2.24) is 0 Å². The van der Waals surface area contributed by atoms with Crippen LogP contribution in [0.25, 0.3) is 16.5 Å². The number of hydrogen-bond donors (Lipinski definition) is 0. The zero-order valence-corrected chi connectivity index (χ0v) is 18.8. The van der Waals surface area contributed by atoms with Crippen molar-refractivity contribution in [2.75, 3.05) is 0 Å². The van der Waals surface area contributed by atoms with Crippen molar-refractivity contribution in [2.24, 2.45) is 0 Å². The number of benzene rings is 1. The van der Waals surface area contributed by atoms with Gasteiger partial charge in [-0.1, -0.05) is 44.8 Å². The summed E-state index contributed by atoms with van der Waals surface area (Å²) in [5, 5.41) is 2.66. The van der Waals surface area contributed by atoms with Gasteiger partial charge in [0, 0.05) is 9.52 Å². The maximum Gasteiger partial charge on any atom is 4.00 e. The molecule has 0 amide bonds. The number of halogens is 2. The van der Waals surface area contributed by atoms with E-state index in [2.05, 4.69) is 55.6 Å². The smallest absolute Gasteiger partial charge is 1.00 e. The van der Waals surface area contributed by atoms with Crippen molar-refractivity contribution in [3.05, 3.63) is 48.2 Å². The summed E-state index contributed by atoms with van der Waals surface area (Å²) >= 11 is 0. The van der Waals surface area contributed by atoms with Crippen molar-refractivity contribution in [3.63, 3.8) is 0 Å². The molecule has 1 fully saturated rings. The minimum atomic E-state index is 0. The number of fused-ring (bicyclic) bond motifs is 1. The Labute approximate surface area is 163 Å². The molecule has 2 radical (unpaired) electrons. The third-order valence-corrected chi connectivity index (χ3v) is 2.90. The van der Waals surface area contributed by atoms with E-state index in [9.17, 15) is 0 Å². The first-order valence-corrected chi connectivity index (χ1v) is 8.68. The van der Waals surface area contributed by atoms with Crippen LogP contribution in [-0.4, -0.2) is 15.6 Å². The van der Waals surface area contributed by atoms with E-state index in [0.29, 0.717) is 6.04 Å². The van der Waals surface area contributed by atoms with E-state index in [1.54, 1.807) is 0 Å². The van der Waals surface area contributed by atoms with Gasteiger partial charge in [0.25, 0.3) is 0 Å². The molecule has 21 heavy (non-hydrogen) atoms. The maximum absolute atomic E-state index is 7.13. The number of nitrogens with one attached hydrogen (secondary N) is 1. The van der Waals surface area contributed by atoms with E-state index in [0.717, 1.165) is 22.4 Å². The molecule has 0 aromatic heterocycles. The van der Waals surface area contributed by atoms with Crippen LogP contribution in [-0.2, 0) is 25.8 Å². The first kappa shape index (κ1) is 26.4. The SMILES string of the molecule is C[Si]C.[Cl-].[Cl-].[Hf+4].[NH-]C1CCCC1.c1ccc2[cH-]ccc2c1. The van der Waals surface area contributed by atoms with Gasteiger partial charge < -0.3 is 30.5 Å². The molecule has 1 saturated carbocycles. The van der Waals surface area contributed by atoms with Crippen LogP contribution in [0.3, 0.4) is 0 Å². The third-order valence-electron chi connectivity index (χ3n) is 2.90. The molecule has 0 bridgehead atoms. The summed E-state index contributed by atoms with van der Waals surface area (Å²) in [6.07, 6.45) is 4.91. The van der Waals surface area contributed by atoms with Gasteiger partial charge in [0.15, 0.2) is 0 Å². The fourth-order valence-electron chi connectivity index (χ4n) is 2.00. The van der Waals surface area contributed by atoms with Crippen LogP contribution in [0.5, 0.6) is 0 Å². The second-order valence-electron chi connectivity index (χ2n) is 4.64. The molecule has 114 valence electrons. The van der Waals surface area contributed by atoms with Gasteiger partial charge in [-0.3, -0.25) is 0 Å². The summed E-state index contributed by atoms with van der Waals surface area (Å²) in [5.74, 6) is 0. The summed E-state index contributed by atoms with van der Waals surface area (Å²) in [6.45, 7) is 4.31. The van der Waals surface area contributed by atoms with Gasteiger partial charge in [-0.15, -0.1) is 35.7 Å². The Hall–Kier alpha value is 0.457. The molecular formula is C16H23Cl2HfNSi. The molecule has 1 aliphatic rings. The van der Waals surface area contributed by atoms with Crippen LogP contribution >= 0.6 is 0 Å². The van der Waals surface area contributed by atoms with E-state index in [4.69, 9.17) is 5.73 Å². The number of rotatable bonds is 0. The summed E-state index contributed by atoms with van der Waals surface area (Å²) in [4.78, 5) is 0. The minimum Gasteiger partial charge on any atom is -1.00 e. The summed E-state index contributed by atoms with van der Waals surface area (Å²) < 4.78 is 0. The zero-order chi connectivity index (χ0) is 13.2. The Morgan fingerprint density at radius 2 is 1.57 bits per heavy atom. The Morgan fingerprint density at radius 3 is 2.00 bits per heavy atom. The Balaban J connectivity index is -0.000000242. The van der Waals surface area contributed by atoms with Gasteiger partial charge >= 0.3 is 25.8 Å². The fraction of sp³-hybridized carbons (Fsp3) is 0.438. The average molecular weight is 507 g/mol. The molecule has 1 nitrogen and oxygen atoms in total. The molecule has 0 aliphatic heterocycles. The molecule has 5 heteroatoms. The first-order valence-electron chi connectivity index (χ1n) is 6.68. The van der Waals surface area contributed by atoms with Crippen LogP contribution in [0.2, 0.25) is 13.1 Å². The van der Waals surface area contributed by atoms with E-state index in [-0.39, 0.29) is 50.7 Å². The predicted octanol–water partition coefficient (Wildman–Crippen LogP) is -0.668. The number of hydrogen-bond acceptors (Lipinski definition) is 0. The topological polar surface area (TPSA) is 23.8 Å². The molecule has 2 aromatic rings. The van der Waals surface area contributed by atoms with Gasteiger partial charge in [0.1, 0.15) is 0 Å². The van der Waals surface area contributed by atoms with Crippen molar-refractivity contribution in [2.45, 2.75) is 44.8 Å². The molecule has 1 aliphatic carbocycles.